The van der Waals surface area contributed by atoms with Gasteiger partial charge in [-0.3, -0.25) is 4.72 Å². The lowest BCUT2D eigenvalue weighted by Gasteiger charge is -2.28. The molecule has 2 aromatic heterocycles. The number of anilines is 1. The number of nitrogens with zero attached hydrogens (tertiary/aromatic N) is 4. The molecule has 8 heteroatoms. The van der Waals surface area contributed by atoms with Crippen LogP contribution in [0.25, 0.3) is 16.1 Å². The third kappa shape index (κ3) is 5.64. The number of allylic oxidation sites excluding steroid dienone is 1. The first-order valence-corrected chi connectivity index (χ1v) is 17.5. The Morgan fingerprint density at radius 3 is 2.70 bits per heavy atom. The molecule has 1 atom stereocenters. The fourth-order valence-electron chi connectivity index (χ4n) is 5.36. The van der Waals surface area contributed by atoms with Gasteiger partial charge in [0.1, 0.15) is 10.8 Å². The highest BCUT2D eigenvalue weighted by Gasteiger charge is 2.37. The molecule has 0 bridgehead atoms. The van der Waals surface area contributed by atoms with Crippen molar-refractivity contribution in [3.63, 3.8) is 0 Å². The van der Waals surface area contributed by atoms with Crippen molar-refractivity contribution < 1.29 is 0 Å². The second-order valence-corrected chi connectivity index (χ2v) is 15.8. The van der Waals surface area contributed by atoms with Crippen LogP contribution in [0.2, 0.25) is 0 Å². The number of pyridine rings is 1. The molecule has 1 N–H and O–H groups in total. The number of benzene rings is 1. The maximum absolute atomic E-state index is 4.96. The molecule has 2 aliphatic rings. The van der Waals surface area contributed by atoms with Crippen molar-refractivity contribution in [3.8, 4) is 10.4 Å². The number of aryl methyl sites for hydroxylation is 1. The average Bonchev–Trinajstić information content (AvgIpc) is 3.65. The van der Waals surface area contributed by atoms with Crippen molar-refractivity contribution in [1.29, 1.82) is 0 Å². The molecule has 0 saturated heterocycles. The van der Waals surface area contributed by atoms with Crippen molar-refractivity contribution in [3.05, 3.63) is 66.0 Å². The number of rotatable bonds is 11. The molecule has 1 saturated carbocycles. The minimum absolute atomic E-state index is 0.499. The van der Waals surface area contributed by atoms with E-state index in [0.29, 0.717) is 6.04 Å². The molecule has 0 radical (unpaired) electrons. The summed E-state index contributed by atoms with van der Waals surface area (Å²) in [4.78, 5) is 16.8. The lowest BCUT2D eigenvalue weighted by molar-refractivity contribution is 0.290. The summed E-state index contributed by atoms with van der Waals surface area (Å²) in [5.74, 6) is 10.7. The molecule has 0 amide bonds. The first-order valence-electron chi connectivity index (χ1n) is 13.9. The Balaban J connectivity index is 1.47. The van der Waals surface area contributed by atoms with Crippen LogP contribution in [0.1, 0.15) is 56.4 Å². The lowest BCUT2D eigenvalue weighted by atomic mass is 10.0. The van der Waals surface area contributed by atoms with E-state index >= 15 is 0 Å². The summed E-state index contributed by atoms with van der Waals surface area (Å²) in [6.45, 7) is 16.3. The molecule has 3 heterocycles. The van der Waals surface area contributed by atoms with Gasteiger partial charge >= 0.3 is 0 Å². The lowest BCUT2D eigenvalue weighted by Crippen LogP contribution is -2.28. The van der Waals surface area contributed by atoms with Gasteiger partial charge in [0.05, 0.1) is 10.6 Å². The van der Waals surface area contributed by atoms with Crippen LogP contribution in [0.4, 0.5) is 5.82 Å². The summed E-state index contributed by atoms with van der Waals surface area (Å²) in [6.07, 6.45) is 4.65. The Labute approximate surface area is 249 Å². The fourth-order valence-corrected chi connectivity index (χ4v) is 8.68. The van der Waals surface area contributed by atoms with Gasteiger partial charge in [-0.15, -0.1) is 20.7 Å². The van der Waals surface area contributed by atoms with Gasteiger partial charge in [0.15, 0.2) is 4.34 Å². The predicted molar refractivity (Wildman–Crippen MR) is 179 cm³/mol. The number of nitrogens with one attached hydrogen (secondary N) is 1. The summed E-state index contributed by atoms with van der Waals surface area (Å²) >= 11 is 3.34. The Bertz CT molecular complexity index is 1570. The Morgan fingerprint density at radius 1 is 1.27 bits per heavy atom. The molecule has 1 unspecified atom stereocenters. The molecule has 1 aliphatic heterocycles. The maximum atomic E-state index is 4.96. The highest BCUT2D eigenvalue weighted by Crippen LogP contribution is 2.49. The monoisotopic (exact) mass is 591 g/mol. The highest BCUT2D eigenvalue weighted by molar-refractivity contribution is 8.26. The van der Waals surface area contributed by atoms with E-state index in [-0.39, 0.29) is 0 Å². The van der Waals surface area contributed by atoms with E-state index < -0.39 is 9.39 Å². The highest BCUT2D eigenvalue weighted by atomic mass is 32.2. The van der Waals surface area contributed by atoms with E-state index in [1.54, 1.807) is 23.1 Å². The Hall–Kier alpha value is -2.52. The third-order valence-corrected chi connectivity index (χ3v) is 12.2. The molecule has 3 aromatic rings. The predicted octanol–water partition coefficient (Wildman–Crippen LogP) is 8.16. The first kappa shape index (κ1) is 29.0. The number of aromatic nitrogens is 2. The van der Waals surface area contributed by atoms with E-state index in [0.717, 1.165) is 57.6 Å². The van der Waals surface area contributed by atoms with Gasteiger partial charge in [0.2, 0.25) is 0 Å². The minimum atomic E-state index is -1.70. The molecule has 5 rings (SSSR count). The normalized spacial score (nSPS) is 15.8. The van der Waals surface area contributed by atoms with Gasteiger partial charge in [0, 0.05) is 41.5 Å². The zero-order valence-corrected chi connectivity index (χ0v) is 26.9. The largest absolute Gasteiger partial charge is 0.364 e. The SMILES string of the molecule is C=C(CCC)N(C)c1cccc(Sc2nc(C)c(-c3cc4c(c(S(=C)(=C)NC)c3)C(=C)N(C(C)C3CC3)C4)s2)n1. The van der Waals surface area contributed by atoms with Crippen LogP contribution in [-0.4, -0.2) is 46.7 Å². The standard InChI is InChI=1S/C32H41N5S3/c1-10-12-20(2)36(7)28-13-11-14-29(35-28)38-32-34-21(3)31(39-32)25-17-26-19-37(22(4)24-15-16-24)23(5)30(26)27(18-25)40(8,9)33-6/h11,13-14,17-18,22,24,33H,2,5,8-10,12,15-16,19H2,1,3-4,6-7H3. The third-order valence-electron chi connectivity index (χ3n) is 8.06. The molecular weight excluding hydrogens is 551 g/mol. The van der Waals surface area contributed by atoms with Crippen molar-refractivity contribution in [2.24, 2.45) is 5.92 Å². The van der Waals surface area contributed by atoms with Crippen LogP contribution in [0, 0.1) is 12.8 Å². The van der Waals surface area contributed by atoms with Crippen molar-refractivity contribution in [2.75, 3.05) is 19.0 Å². The van der Waals surface area contributed by atoms with E-state index in [4.69, 9.17) is 9.97 Å². The van der Waals surface area contributed by atoms with E-state index in [9.17, 15) is 0 Å². The first-order chi connectivity index (χ1) is 19.0. The van der Waals surface area contributed by atoms with E-state index in [1.807, 2.05) is 26.2 Å². The second kappa shape index (κ2) is 11.4. The Kier molecular flexibility index (Phi) is 8.26. The molecular formula is C32H41N5S3. The van der Waals surface area contributed by atoms with Crippen molar-refractivity contribution >= 4 is 55.7 Å². The molecule has 1 aromatic carbocycles. The van der Waals surface area contributed by atoms with E-state index in [2.05, 4.69) is 78.4 Å². The maximum Gasteiger partial charge on any atom is 0.156 e. The van der Waals surface area contributed by atoms with Crippen LogP contribution in [0.3, 0.4) is 0 Å². The van der Waals surface area contributed by atoms with Crippen LogP contribution < -0.4 is 9.62 Å². The number of thiazole rings is 1. The van der Waals surface area contributed by atoms with Gasteiger partial charge in [0.25, 0.3) is 0 Å². The molecule has 40 heavy (non-hydrogen) atoms. The molecule has 5 nitrogen and oxygen atoms in total. The molecule has 1 aliphatic carbocycles. The average molecular weight is 592 g/mol. The van der Waals surface area contributed by atoms with Crippen LogP contribution in [0.15, 0.2) is 63.4 Å². The quantitative estimate of drug-likeness (QED) is 0.227. The number of fused-ring (bicyclic) bond motifs is 1. The van der Waals surface area contributed by atoms with Gasteiger partial charge in [-0.2, -0.15) is 0 Å². The minimum Gasteiger partial charge on any atom is -0.364 e. The zero-order chi connectivity index (χ0) is 28.8. The van der Waals surface area contributed by atoms with Gasteiger partial charge in [-0.05, 0) is 93.2 Å². The topological polar surface area (TPSA) is 44.3 Å². The Morgan fingerprint density at radius 2 is 2.02 bits per heavy atom. The molecule has 1 fully saturated rings. The summed E-state index contributed by atoms with van der Waals surface area (Å²) in [5.41, 5.74) is 6.95. The molecule has 212 valence electrons. The second-order valence-electron chi connectivity index (χ2n) is 11.0. The zero-order valence-electron chi connectivity index (χ0n) is 24.4. The number of hydrogen-bond acceptors (Lipinski definition) is 7. The van der Waals surface area contributed by atoms with Gasteiger partial charge < -0.3 is 9.80 Å². The summed E-state index contributed by atoms with van der Waals surface area (Å²) < 4.78 is 4.40. The van der Waals surface area contributed by atoms with E-state index in [1.165, 1.54) is 39.3 Å². The summed E-state index contributed by atoms with van der Waals surface area (Å²) in [6, 6.07) is 11.3. The number of hydrogen-bond donors (Lipinski definition) is 1. The van der Waals surface area contributed by atoms with Gasteiger partial charge in [-0.1, -0.05) is 44.3 Å². The van der Waals surface area contributed by atoms with Crippen molar-refractivity contribution in [1.82, 2.24) is 19.6 Å². The molecule has 0 spiro atoms. The summed E-state index contributed by atoms with van der Waals surface area (Å²) in [5, 5.41) is 0.929. The van der Waals surface area contributed by atoms with Crippen molar-refractivity contribution in [2.45, 2.75) is 73.3 Å². The van der Waals surface area contributed by atoms with Crippen LogP contribution in [-0.2, 0) is 6.54 Å². The fraction of sp³-hybridized carbons (Fsp3) is 0.375. The smallest absolute Gasteiger partial charge is 0.156 e. The van der Waals surface area contributed by atoms with Gasteiger partial charge in [-0.25, -0.2) is 9.97 Å². The van der Waals surface area contributed by atoms with Crippen LogP contribution in [0.5, 0.6) is 0 Å². The van der Waals surface area contributed by atoms with Crippen LogP contribution >= 0.6 is 32.5 Å². The summed E-state index contributed by atoms with van der Waals surface area (Å²) in [7, 11) is 2.29.